The Bertz CT molecular complexity index is 886. The lowest BCUT2D eigenvalue weighted by Crippen LogP contribution is -2.33. The molecule has 2 aromatic rings. The highest BCUT2D eigenvalue weighted by molar-refractivity contribution is 7.77. The molecule has 0 saturated carbocycles. The van der Waals surface area contributed by atoms with Crippen LogP contribution in [-0.2, 0) is 25.9 Å². The number of nitrogens with zero attached hydrogens (tertiary/aromatic N) is 2. The van der Waals surface area contributed by atoms with Crippen molar-refractivity contribution < 1.29 is 27.3 Å². The van der Waals surface area contributed by atoms with E-state index < -0.39 is 17.6 Å². The number of amidine groups is 1. The average molecular weight is 425 g/mol. The fourth-order valence-corrected chi connectivity index (χ4v) is 2.70. The predicted molar refractivity (Wildman–Crippen MR) is 106 cm³/mol. The number of benzene rings is 1. The molecule has 0 aliphatic carbocycles. The molecule has 0 atom stereocenters. The topological polar surface area (TPSA) is 54.6 Å². The van der Waals surface area contributed by atoms with E-state index in [1.165, 1.54) is 12.1 Å². The average Bonchev–Trinajstić information content (AvgIpc) is 2.65. The number of aromatic nitrogens is 1. The fourth-order valence-electron chi connectivity index (χ4n) is 2.51. The number of amides is 1. The van der Waals surface area contributed by atoms with E-state index in [1.807, 2.05) is 6.92 Å². The summed E-state index contributed by atoms with van der Waals surface area (Å²) in [5.41, 5.74) is -0.610. The molecule has 0 spiro atoms. The molecule has 0 bridgehead atoms. The quantitative estimate of drug-likeness (QED) is 0.239. The Morgan fingerprint density at radius 2 is 2.03 bits per heavy atom. The number of ether oxygens (including phenoxy) is 1. The summed E-state index contributed by atoms with van der Waals surface area (Å²) in [7, 11) is 1.75. The number of aliphatic imine (C=N–C) groups is 1. The Morgan fingerprint density at radius 3 is 2.69 bits per heavy atom. The molecular weight excluding hydrogens is 403 g/mol. The van der Waals surface area contributed by atoms with Crippen molar-refractivity contribution in [3.05, 3.63) is 53.9 Å². The number of carbonyl (C=O) groups excluding carboxylic acids is 1. The van der Waals surface area contributed by atoms with E-state index in [4.69, 9.17) is 17.4 Å². The van der Waals surface area contributed by atoms with Crippen LogP contribution in [0.1, 0.15) is 42.1 Å². The number of pyridine rings is 1. The first-order valence-corrected chi connectivity index (χ1v) is 9.48. The summed E-state index contributed by atoms with van der Waals surface area (Å²) < 4.78 is 47.1. The van der Waals surface area contributed by atoms with Crippen LogP contribution in [0.5, 0.6) is 5.75 Å². The summed E-state index contributed by atoms with van der Waals surface area (Å²) in [6.45, 7) is 2.20. The molecule has 0 fully saturated rings. The van der Waals surface area contributed by atoms with Gasteiger partial charge in [-0.15, -0.1) is 0 Å². The molecule has 0 aliphatic rings. The lowest BCUT2D eigenvalue weighted by Gasteiger charge is -2.16. The molecule has 2 rings (SSSR count). The second-order valence-electron chi connectivity index (χ2n) is 6.36. The Morgan fingerprint density at radius 1 is 1.28 bits per heavy atom. The van der Waals surface area contributed by atoms with Gasteiger partial charge in [0.1, 0.15) is 18.4 Å². The van der Waals surface area contributed by atoms with Gasteiger partial charge >= 0.3 is 6.18 Å². The summed E-state index contributed by atoms with van der Waals surface area (Å²) in [6, 6.07) is 6.71. The molecule has 0 unspecified atom stereocenters. The maximum Gasteiger partial charge on any atom is 0.420 e. The van der Waals surface area contributed by atoms with Crippen molar-refractivity contribution in [2.24, 2.45) is 12.0 Å². The van der Waals surface area contributed by atoms with Crippen molar-refractivity contribution in [2.45, 2.75) is 32.4 Å². The first-order chi connectivity index (χ1) is 13.7. The third-order valence-electron chi connectivity index (χ3n) is 3.93. The second-order valence-corrected chi connectivity index (χ2v) is 6.75. The number of nitrogens with one attached hydrogen (secondary N) is 1. The number of unbranched alkanes of at least 4 members (excludes halogenated alkanes) is 2. The highest BCUT2D eigenvalue weighted by Gasteiger charge is 2.34. The molecule has 1 amide bonds. The standard InChI is InChI=1S/C20H22F3N3O2S/c1-3-4-5-11-28-17-9-8-15(12-16(17)20(21,22)23)24-19(29)25-18(27)14-7-6-10-26(2)13-14/h6-10,12-13H,3-5,11H2,1-2H3,(H-,24,25,27,29). The van der Waals surface area contributed by atoms with Crippen molar-refractivity contribution in [1.29, 1.82) is 0 Å². The Balaban J connectivity index is 2.17. The minimum atomic E-state index is -4.60. The molecule has 1 aromatic heterocycles. The number of halogens is 3. The van der Waals surface area contributed by atoms with Gasteiger partial charge in [0.15, 0.2) is 12.4 Å². The maximum absolute atomic E-state index is 13.4. The summed E-state index contributed by atoms with van der Waals surface area (Å²) in [6.07, 6.45) is 1.23. The molecule has 5 nitrogen and oxygen atoms in total. The molecule has 0 aliphatic heterocycles. The molecule has 156 valence electrons. The third-order valence-corrected chi connectivity index (χ3v) is 4.12. The minimum Gasteiger partial charge on any atom is -0.742 e. The number of aryl methyl sites for hydroxylation is 1. The molecule has 1 N–H and O–H groups in total. The Hall–Kier alpha value is -2.68. The first kappa shape index (κ1) is 22.6. The maximum atomic E-state index is 13.4. The summed E-state index contributed by atoms with van der Waals surface area (Å²) >= 11 is 5.00. The summed E-state index contributed by atoms with van der Waals surface area (Å²) in [5.74, 6) is -0.749. The van der Waals surface area contributed by atoms with E-state index in [9.17, 15) is 18.0 Å². The van der Waals surface area contributed by atoms with Gasteiger partial charge in [0.2, 0.25) is 0 Å². The van der Waals surface area contributed by atoms with Gasteiger partial charge in [0.25, 0.3) is 5.91 Å². The number of alkyl halides is 3. The van der Waals surface area contributed by atoms with Crippen molar-refractivity contribution in [1.82, 2.24) is 5.32 Å². The fraction of sp³-hybridized carbons (Fsp3) is 0.350. The number of hydrogen-bond acceptors (Lipinski definition) is 4. The zero-order chi connectivity index (χ0) is 21.4. The van der Waals surface area contributed by atoms with Crippen molar-refractivity contribution >= 4 is 29.4 Å². The first-order valence-electron chi connectivity index (χ1n) is 9.07. The zero-order valence-corrected chi connectivity index (χ0v) is 16.9. The van der Waals surface area contributed by atoms with E-state index in [2.05, 4.69) is 10.3 Å². The molecule has 1 heterocycles. The van der Waals surface area contributed by atoms with E-state index in [0.29, 0.717) is 12.0 Å². The number of carbonyl (C=O) groups is 1. The van der Waals surface area contributed by atoms with Crippen LogP contribution >= 0.6 is 0 Å². The zero-order valence-electron chi connectivity index (χ0n) is 16.1. The van der Waals surface area contributed by atoms with Gasteiger partial charge in [-0.2, -0.15) is 13.2 Å². The predicted octanol–water partition coefficient (Wildman–Crippen LogP) is 4.06. The van der Waals surface area contributed by atoms with Crippen LogP contribution in [0.4, 0.5) is 18.9 Å². The van der Waals surface area contributed by atoms with Gasteiger partial charge in [-0.3, -0.25) is 9.79 Å². The van der Waals surface area contributed by atoms with E-state index in [1.54, 1.807) is 36.1 Å². The smallest absolute Gasteiger partial charge is 0.420 e. The molecule has 9 heteroatoms. The van der Waals surface area contributed by atoms with E-state index in [-0.39, 0.29) is 23.2 Å². The van der Waals surface area contributed by atoms with Crippen LogP contribution in [-0.4, -0.2) is 17.7 Å². The van der Waals surface area contributed by atoms with E-state index in [0.717, 1.165) is 18.9 Å². The van der Waals surface area contributed by atoms with Crippen LogP contribution in [0.25, 0.3) is 0 Å². The Labute approximate surface area is 173 Å². The van der Waals surface area contributed by atoms with Crippen molar-refractivity contribution in [3.8, 4) is 5.75 Å². The van der Waals surface area contributed by atoms with Crippen molar-refractivity contribution in [3.63, 3.8) is 0 Å². The van der Waals surface area contributed by atoms with Crippen LogP contribution < -0.4 is 14.6 Å². The molecule has 1 aromatic carbocycles. The third kappa shape index (κ3) is 7.01. The molecule has 29 heavy (non-hydrogen) atoms. The highest BCUT2D eigenvalue weighted by atomic mass is 32.1. The van der Waals surface area contributed by atoms with Crippen molar-refractivity contribution in [2.75, 3.05) is 6.61 Å². The minimum absolute atomic E-state index is 0.0258. The monoisotopic (exact) mass is 425 g/mol. The van der Waals surface area contributed by atoms with E-state index >= 15 is 0 Å². The summed E-state index contributed by atoms with van der Waals surface area (Å²) in [4.78, 5) is 16.1. The van der Waals surface area contributed by atoms with Gasteiger partial charge in [0, 0.05) is 6.07 Å². The van der Waals surface area contributed by atoms with Gasteiger partial charge in [0.05, 0.1) is 17.9 Å². The molecule has 0 saturated heterocycles. The van der Waals surface area contributed by atoms with Crippen LogP contribution in [0.2, 0.25) is 0 Å². The highest BCUT2D eigenvalue weighted by Crippen LogP contribution is 2.38. The normalized spacial score (nSPS) is 12.0. The van der Waals surface area contributed by atoms with Gasteiger partial charge in [-0.25, -0.2) is 4.57 Å². The molecular formula is C20H22F3N3O2S. The molecule has 0 radical (unpaired) electrons. The van der Waals surface area contributed by atoms with Gasteiger partial charge in [-0.1, -0.05) is 19.8 Å². The van der Waals surface area contributed by atoms with Crippen LogP contribution in [0.3, 0.4) is 0 Å². The lowest BCUT2D eigenvalue weighted by atomic mass is 10.1. The van der Waals surface area contributed by atoms with Crippen LogP contribution in [0.15, 0.2) is 47.7 Å². The second kappa shape index (κ2) is 10.2. The lowest BCUT2D eigenvalue weighted by molar-refractivity contribution is -0.671. The van der Waals surface area contributed by atoms with Gasteiger partial charge in [-0.05, 0) is 35.9 Å². The number of rotatable bonds is 7. The van der Waals surface area contributed by atoms with Crippen LogP contribution in [0, 0.1) is 0 Å². The summed E-state index contributed by atoms with van der Waals surface area (Å²) in [5, 5.41) is 2.16. The SMILES string of the molecule is CCCCCOc1ccc(N=C([S-])NC(=O)c2ccc[n+](C)c2)cc1C(F)(F)F. The van der Waals surface area contributed by atoms with Gasteiger partial charge < -0.3 is 22.7 Å². The number of hydrogen-bond donors (Lipinski definition) is 1. The largest absolute Gasteiger partial charge is 0.742 e. The Kier molecular flexibility index (Phi) is 7.95.